The third-order valence-corrected chi connectivity index (χ3v) is 9.76. The third kappa shape index (κ3) is 6.75. The van der Waals surface area contributed by atoms with Crippen LogP contribution in [0.2, 0.25) is 0 Å². The van der Waals surface area contributed by atoms with Crippen molar-refractivity contribution in [3.8, 4) is 28.3 Å². The second-order valence-electron chi connectivity index (χ2n) is 13.2. The Morgan fingerprint density at radius 1 is 0.566 bits per heavy atom. The SMILES string of the molecule is Cc1cc(OCc2ccc(-c3ccccc3-c3nnn(C(c4ccccc4)(c4ccccc4)c4ccccc4)n3)cc2)c(Cc2ccccc2)c(C)n1. The molecule has 0 atom stereocenters. The van der Waals surface area contributed by atoms with E-state index in [1.54, 1.807) is 4.80 Å². The number of nitrogens with zero attached hydrogens (tertiary/aromatic N) is 5. The van der Waals surface area contributed by atoms with Crippen molar-refractivity contribution in [1.82, 2.24) is 25.2 Å². The van der Waals surface area contributed by atoms with Gasteiger partial charge in [-0.3, -0.25) is 4.98 Å². The van der Waals surface area contributed by atoms with Gasteiger partial charge in [0.1, 0.15) is 12.4 Å². The van der Waals surface area contributed by atoms with Crippen LogP contribution < -0.4 is 4.74 Å². The minimum atomic E-state index is -0.849. The highest BCUT2D eigenvalue weighted by molar-refractivity contribution is 5.80. The molecule has 0 aliphatic carbocycles. The minimum absolute atomic E-state index is 0.447. The van der Waals surface area contributed by atoms with Crippen LogP contribution >= 0.6 is 0 Å². The Bertz CT molecular complexity index is 2330. The summed E-state index contributed by atoms with van der Waals surface area (Å²) < 4.78 is 6.47. The zero-order chi connectivity index (χ0) is 36.0. The Balaban J connectivity index is 1.11. The first-order chi connectivity index (χ1) is 26.1. The van der Waals surface area contributed by atoms with Crippen molar-refractivity contribution in [2.75, 3.05) is 0 Å². The predicted octanol–water partition coefficient (Wildman–Crippen LogP) is 10.0. The van der Waals surface area contributed by atoms with Crippen LogP contribution in [0.15, 0.2) is 176 Å². The van der Waals surface area contributed by atoms with E-state index in [1.165, 1.54) is 5.56 Å². The second-order valence-corrected chi connectivity index (χ2v) is 13.2. The van der Waals surface area contributed by atoms with Crippen LogP contribution in [0.5, 0.6) is 5.75 Å². The molecule has 0 bridgehead atoms. The first kappa shape index (κ1) is 33.5. The number of ether oxygens (including phenoxy) is 1. The standard InChI is InChI=1S/C47H39N5O/c1-34-31-45(44(35(2)48-34)32-36-17-7-3-8-18-36)53-33-37-27-29-38(30-28-37)42-25-15-16-26-43(42)46-49-51-52(50-46)47(39-19-9-4-10-20-39,40-21-11-5-12-22-40)41-23-13-6-14-24-41/h3-31H,32-33H2,1-2H3. The molecule has 6 aromatic carbocycles. The number of hydrogen-bond donors (Lipinski definition) is 0. The summed E-state index contributed by atoms with van der Waals surface area (Å²) in [6.07, 6.45) is 0.771. The summed E-state index contributed by atoms with van der Waals surface area (Å²) in [5, 5.41) is 14.7. The average molecular weight is 690 g/mol. The molecule has 0 radical (unpaired) electrons. The molecule has 0 spiro atoms. The summed E-state index contributed by atoms with van der Waals surface area (Å²) in [6, 6.07) is 60.5. The Morgan fingerprint density at radius 3 is 1.68 bits per heavy atom. The van der Waals surface area contributed by atoms with Crippen LogP contribution in [0.25, 0.3) is 22.5 Å². The number of tetrazole rings is 1. The van der Waals surface area contributed by atoms with Crippen molar-refractivity contribution >= 4 is 0 Å². The summed E-state index contributed by atoms with van der Waals surface area (Å²) in [4.78, 5) is 6.50. The molecule has 0 N–H and O–H groups in total. The van der Waals surface area contributed by atoms with Gasteiger partial charge < -0.3 is 4.74 Å². The van der Waals surface area contributed by atoms with Crippen molar-refractivity contribution in [3.05, 3.63) is 221 Å². The van der Waals surface area contributed by atoms with Crippen LogP contribution in [0, 0.1) is 13.8 Å². The first-order valence-corrected chi connectivity index (χ1v) is 17.9. The minimum Gasteiger partial charge on any atom is -0.488 e. The van der Waals surface area contributed by atoms with Crippen LogP contribution in [0.3, 0.4) is 0 Å². The molecule has 2 aromatic heterocycles. The smallest absolute Gasteiger partial charge is 0.205 e. The molecule has 0 unspecified atom stereocenters. The maximum absolute atomic E-state index is 6.47. The molecule has 2 heterocycles. The monoisotopic (exact) mass is 689 g/mol. The van der Waals surface area contributed by atoms with Crippen LogP contribution in [0.4, 0.5) is 0 Å². The van der Waals surface area contributed by atoms with Crippen molar-refractivity contribution in [1.29, 1.82) is 0 Å². The van der Waals surface area contributed by atoms with Gasteiger partial charge in [-0.2, -0.15) is 0 Å². The molecule has 258 valence electrons. The molecule has 0 saturated carbocycles. The fraction of sp³-hybridized carbons (Fsp3) is 0.106. The van der Waals surface area contributed by atoms with E-state index in [4.69, 9.17) is 25.1 Å². The zero-order valence-electron chi connectivity index (χ0n) is 29.8. The van der Waals surface area contributed by atoms with Crippen LogP contribution in [-0.4, -0.2) is 25.2 Å². The fourth-order valence-electron chi connectivity index (χ4n) is 7.18. The lowest BCUT2D eigenvalue weighted by Crippen LogP contribution is -2.39. The van der Waals surface area contributed by atoms with E-state index in [0.29, 0.717) is 12.4 Å². The molecule has 8 rings (SSSR count). The number of benzene rings is 6. The maximum atomic E-state index is 6.47. The highest BCUT2D eigenvalue weighted by Gasteiger charge is 2.41. The lowest BCUT2D eigenvalue weighted by molar-refractivity contribution is 0.302. The van der Waals surface area contributed by atoms with Crippen LogP contribution in [0.1, 0.15) is 44.8 Å². The zero-order valence-corrected chi connectivity index (χ0v) is 29.8. The lowest BCUT2D eigenvalue weighted by Gasteiger charge is -2.34. The molecule has 0 aliphatic rings. The highest BCUT2D eigenvalue weighted by atomic mass is 16.5. The average Bonchev–Trinajstić information content (AvgIpc) is 3.71. The van der Waals surface area contributed by atoms with E-state index in [2.05, 4.69) is 140 Å². The van der Waals surface area contributed by atoms with Crippen molar-refractivity contribution in [3.63, 3.8) is 0 Å². The first-order valence-electron chi connectivity index (χ1n) is 17.9. The summed E-state index contributed by atoms with van der Waals surface area (Å²) in [5.41, 5.74) is 10.6. The Labute approximate surface area is 310 Å². The molecule has 8 aromatic rings. The summed E-state index contributed by atoms with van der Waals surface area (Å²) in [6.45, 7) is 4.52. The van der Waals surface area contributed by atoms with Gasteiger partial charge in [-0.1, -0.05) is 170 Å². The van der Waals surface area contributed by atoms with E-state index in [0.717, 1.165) is 68.1 Å². The topological polar surface area (TPSA) is 65.7 Å². The Hall–Kier alpha value is -6.66. The molecule has 6 heteroatoms. The normalized spacial score (nSPS) is 11.4. The molecule has 0 fully saturated rings. The van der Waals surface area contributed by atoms with Crippen molar-refractivity contribution in [2.24, 2.45) is 0 Å². The van der Waals surface area contributed by atoms with Gasteiger partial charge in [0.15, 0.2) is 5.54 Å². The Morgan fingerprint density at radius 2 is 1.09 bits per heavy atom. The summed E-state index contributed by atoms with van der Waals surface area (Å²) in [7, 11) is 0. The maximum Gasteiger partial charge on any atom is 0.205 e. The summed E-state index contributed by atoms with van der Waals surface area (Å²) in [5.74, 6) is 1.43. The van der Waals surface area contributed by atoms with E-state index in [-0.39, 0.29) is 0 Å². The van der Waals surface area contributed by atoms with E-state index < -0.39 is 5.54 Å². The van der Waals surface area contributed by atoms with E-state index in [1.807, 2.05) is 49.4 Å². The lowest BCUT2D eigenvalue weighted by atomic mass is 9.77. The highest BCUT2D eigenvalue weighted by Crippen LogP contribution is 2.40. The molecule has 53 heavy (non-hydrogen) atoms. The van der Waals surface area contributed by atoms with Gasteiger partial charge >= 0.3 is 0 Å². The predicted molar refractivity (Wildman–Crippen MR) is 211 cm³/mol. The molecule has 0 amide bonds. The van der Waals surface area contributed by atoms with Gasteiger partial charge in [0.25, 0.3) is 0 Å². The van der Waals surface area contributed by atoms with Gasteiger partial charge in [0.05, 0.1) is 0 Å². The van der Waals surface area contributed by atoms with Crippen molar-refractivity contribution in [2.45, 2.75) is 32.4 Å². The number of rotatable bonds is 11. The number of hydrogen-bond acceptors (Lipinski definition) is 5. The molecule has 0 saturated heterocycles. The Kier molecular flexibility index (Phi) is 9.41. The molecule has 6 nitrogen and oxygen atoms in total. The van der Waals surface area contributed by atoms with Crippen molar-refractivity contribution < 1.29 is 4.74 Å². The van der Waals surface area contributed by atoms with E-state index in [9.17, 15) is 0 Å². The quantitative estimate of drug-likeness (QED) is 0.127. The number of aryl methyl sites for hydroxylation is 2. The molecule has 0 aliphatic heterocycles. The third-order valence-electron chi connectivity index (χ3n) is 9.76. The summed E-state index contributed by atoms with van der Waals surface area (Å²) >= 11 is 0. The fourth-order valence-corrected chi connectivity index (χ4v) is 7.18. The molecular formula is C47H39N5O. The van der Waals surface area contributed by atoms with Gasteiger partial charge in [-0.25, -0.2) is 0 Å². The van der Waals surface area contributed by atoms with Gasteiger partial charge in [-0.15, -0.1) is 15.0 Å². The number of pyridine rings is 1. The van der Waals surface area contributed by atoms with E-state index >= 15 is 0 Å². The molecular weight excluding hydrogens is 651 g/mol. The number of aromatic nitrogens is 5. The van der Waals surface area contributed by atoms with Gasteiger partial charge in [0.2, 0.25) is 5.82 Å². The van der Waals surface area contributed by atoms with Crippen LogP contribution in [-0.2, 0) is 18.6 Å². The largest absolute Gasteiger partial charge is 0.488 e. The van der Waals surface area contributed by atoms with Gasteiger partial charge in [-0.05, 0) is 58.0 Å². The second kappa shape index (κ2) is 14.9. The van der Waals surface area contributed by atoms with Gasteiger partial charge in [0, 0.05) is 35.0 Å².